The summed E-state index contributed by atoms with van der Waals surface area (Å²) < 4.78 is 10.9. The third-order valence-corrected chi connectivity index (χ3v) is 3.03. The van der Waals surface area contributed by atoms with Gasteiger partial charge in [0.1, 0.15) is 5.75 Å². The number of hydrogen-bond acceptors (Lipinski definition) is 3. The molecule has 1 N–H and O–H groups in total. The molecule has 3 heteroatoms. The Kier molecular flexibility index (Phi) is 9.09. The highest BCUT2D eigenvalue weighted by atomic mass is 16.5. The molecule has 0 heterocycles. The first-order chi connectivity index (χ1) is 9.72. The highest BCUT2D eigenvalue weighted by Crippen LogP contribution is 2.14. The van der Waals surface area contributed by atoms with Crippen molar-refractivity contribution in [2.24, 2.45) is 5.92 Å². The molecule has 1 aromatic rings. The number of unbranched alkanes of at least 4 members (excludes halogenated alkanes) is 2. The minimum Gasteiger partial charge on any atom is -0.494 e. The second kappa shape index (κ2) is 10.7. The van der Waals surface area contributed by atoms with Crippen molar-refractivity contribution in [3.8, 4) is 5.75 Å². The zero-order valence-corrected chi connectivity index (χ0v) is 13.2. The summed E-state index contributed by atoms with van der Waals surface area (Å²) >= 11 is 0. The molecule has 0 bridgehead atoms. The molecule has 1 aromatic carbocycles. The van der Waals surface area contributed by atoms with Crippen LogP contribution in [-0.4, -0.2) is 26.8 Å². The number of benzene rings is 1. The summed E-state index contributed by atoms with van der Waals surface area (Å²) in [5.41, 5.74) is 1.16. The lowest BCUT2D eigenvalue weighted by atomic mass is 10.2. The molecule has 1 rings (SSSR count). The van der Waals surface area contributed by atoms with Crippen LogP contribution in [-0.2, 0) is 11.3 Å². The van der Waals surface area contributed by atoms with Gasteiger partial charge in [0.2, 0.25) is 0 Å². The van der Waals surface area contributed by atoms with E-state index in [1.54, 1.807) is 7.11 Å². The van der Waals surface area contributed by atoms with Crippen molar-refractivity contribution in [1.82, 2.24) is 5.32 Å². The third-order valence-electron chi connectivity index (χ3n) is 3.03. The van der Waals surface area contributed by atoms with E-state index in [4.69, 9.17) is 9.47 Å². The van der Waals surface area contributed by atoms with Gasteiger partial charge < -0.3 is 14.8 Å². The Morgan fingerprint density at radius 2 is 2.00 bits per heavy atom. The number of hydrogen-bond donors (Lipinski definition) is 1. The van der Waals surface area contributed by atoms with E-state index in [9.17, 15) is 0 Å². The van der Waals surface area contributed by atoms with Gasteiger partial charge in [-0.2, -0.15) is 0 Å². The fraction of sp³-hybridized carbons (Fsp3) is 0.647. The van der Waals surface area contributed by atoms with Crippen molar-refractivity contribution in [2.75, 3.05) is 26.8 Å². The van der Waals surface area contributed by atoms with Crippen molar-refractivity contribution in [2.45, 2.75) is 39.7 Å². The van der Waals surface area contributed by atoms with Gasteiger partial charge in [-0.05, 0) is 56.0 Å². The van der Waals surface area contributed by atoms with Gasteiger partial charge >= 0.3 is 0 Å². The predicted octanol–water partition coefficient (Wildman–Crippen LogP) is 3.63. The minimum atomic E-state index is 0.638. The normalized spacial score (nSPS) is 11.0. The van der Waals surface area contributed by atoms with E-state index in [0.717, 1.165) is 43.3 Å². The van der Waals surface area contributed by atoms with Crippen molar-refractivity contribution in [3.63, 3.8) is 0 Å². The Hall–Kier alpha value is -1.06. The van der Waals surface area contributed by atoms with Crippen LogP contribution in [0, 0.1) is 5.92 Å². The van der Waals surface area contributed by atoms with Crippen molar-refractivity contribution < 1.29 is 9.47 Å². The van der Waals surface area contributed by atoms with Crippen LogP contribution >= 0.6 is 0 Å². The number of rotatable bonds is 11. The fourth-order valence-electron chi connectivity index (χ4n) is 2.00. The van der Waals surface area contributed by atoms with E-state index < -0.39 is 0 Å². The van der Waals surface area contributed by atoms with E-state index in [1.165, 1.54) is 12.8 Å². The zero-order chi connectivity index (χ0) is 14.6. The summed E-state index contributed by atoms with van der Waals surface area (Å²) in [6.07, 6.45) is 3.54. The highest BCUT2D eigenvalue weighted by molar-refractivity contribution is 5.28. The van der Waals surface area contributed by atoms with Crippen LogP contribution < -0.4 is 10.1 Å². The first kappa shape index (κ1) is 17.0. The Morgan fingerprint density at radius 3 is 2.75 bits per heavy atom. The smallest absolute Gasteiger partial charge is 0.119 e. The van der Waals surface area contributed by atoms with E-state index in [0.29, 0.717) is 6.61 Å². The average Bonchev–Trinajstić information content (AvgIpc) is 2.42. The maximum Gasteiger partial charge on any atom is 0.119 e. The van der Waals surface area contributed by atoms with Crippen LogP contribution in [0.3, 0.4) is 0 Å². The van der Waals surface area contributed by atoms with Crippen molar-refractivity contribution >= 4 is 0 Å². The molecule has 0 saturated carbocycles. The van der Waals surface area contributed by atoms with Gasteiger partial charge in [0, 0.05) is 7.11 Å². The molecule has 0 saturated heterocycles. The molecule has 20 heavy (non-hydrogen) atoms. The zero-order valence-electron chi connectivity index (χ0n) is 13.2. The topological polar surface area (TPSA) is 30.5 Å². The lowest BCUT2D eigenvalue weighted by molar-refractivity contribution is 0.184. The lowest BCUT2D eigenvalue weighted by Gasteiger charge is -2.09. The van der Waals surface area contributed by atoms with Crippen LogP contribution in [0.2, 0.25) is 0 Å². The first-order valence-corrected chi connectivity index (χ1v) is 7.63. The molecular formula is C17H29NO2. The molecule has 3 nitrogen and oxygen atoms in total. The Bertz CT molecular complexity index is 353. The second-order valence-corrected chi connectivity index (χ2v) is 5.59. The summed E-state index contributed by atoms with van der Waals surface area (Å²) in [5, 5.41) is 3.46. The number of nitrogens with one attached hydrogen (secondary N) is 1. The molecule has 0 unspecified atom stereocenters. The van der Waals surface area contributed by atoms with E-state index in [2.05, 4.69) is 25.2 Å². The molecule has 0 radical (unpaired) electrons. The SMILES string of the molecule is COCc1cccc(OCCCCCNCC(C)C)c1. The van der Waals surface area contributed by atoms with Crippen LogP contribution in [0.5, 0.6) is 5.75 Å². The number of ether oxygens (including phenoxy) is 2. The quantitative estimate of drug-likeness (QED) is 0.627. The predicted molar refractivity (Wildman–Crippen MR) is 84.2 cm³/mol. The largest absolute Gasteiger partial charge is 0.494 e. The van der Waals surface area contributed by atoms with Crippen LogP contribution in [0.15, 0.2) is 24.3 Å². The van der Waals surface area contributed by atoms with Crippen LogP contribution in [0.25, 0.3) is 0 Å². The maximum atomic E-state index is 5.76. The van der Waals surface area contributed by atoms with Crippen molar-refractivity contribution in [1.29, 1.82) is 0 Å². The summed E-state index contributed by atoms with van der Waals surface area (Å²) in [4.78, 5) is 0. The Morgan fingerprint density at radius 1 is 1.15 bits per heavy atom. The molecule has 0 atom stereocenters. The molecule has 0 fully saturated rings. The van der Waals surface area contributed by atoms with E-state index in [1.807, 2.05) is 18.2 Å². The summed E-state index contributed by atoms with van der Waals surface area (Å²) in [6.45, 7) is 8.13. The van der Waals surface area contributed by atoms with Gasteiger partial charge in [-0.1, -0.05) is 26.0 Å². The van der Waals surface area contributed by atoms with E-state index >= 15 is 0 Å². The summed E-state index contributed by atoms with van der Waals surface area (Å²) in [5.74, 6) is 1.68. The van der Waals surface area contributed by atoms with Gasteiger partial charge in [0.05, 0.1) is 13.2 Å². The first-order valence-electron chi connectivity index (χ1n) is 7.63. The van der Waals surface area contributed by atoms with Crippen molar-refractivity contribution in [3.05, 3.63) is 29.8 Å². The van der Waals surface area contributed by atoms with Gasteiger partial charge in [-0.15, -0.1) is 0 Å². The molecule has 0 spiro atoms. The van der Waals surface area contributed by atoms with E-state index in [-0.39, 0.29) is 0 Å². The molecule has 114 valence electrons. The van der Waals surface area contributed by atoms with Crippen LogP contribution in [0.4, 0.5) is 0 Å². The Balaban J connectivity index is 2.05. The molecular weight excluding hydrogens is 250 g/mol. The highest BCUT2D eigenvalue weighted by Gasteiger charge is 1.97. The standard InChI is InChI=1S/C17H29NO2/c1-15(2)13-18-10-5-4-6-11-20-17-9-7-8-16(12-17)14-19-3/h7-9,12,15,18H,4-6,10-11,13-14H2,1-3H3. The fourth-order valence-corrected chi connectivity index (χ4v) is 2.00. The lowest BCUT2D eigenvalue weighted by Crippen LogP contribution is -2.20. The van der Waals surface area contributed by atoms with Gasteiger partial charge in [-0.25, -0.2) is 0 Å². The molecule has 0 aliphatic heterocycles. The van der Waals surface area contributed by atoms with Gasteiger partial charge in [0.15, 0.2) is 0 Å². The third kappa shape index (κ3) is 8.18. The molecule has 0 aliphatic rings. The molecule has 0 amide bonds. The van der Waals surface area contributed by atoms with Gasteiger partial charge in [0.25, 0.3) is 0 Å². The molecule has 0 aromatic heterocycles. The number of methoxy groups -OCH3 is 1. The summed E-state index contributed by atoms with van der Waals surface area (Å²) in [7, 11) is 1.71. The van der Waals surface area contributed by atoms with Gasteiger partial charge in [-0.3, -0.25) is 0 Å². The Labute approximate surface area is 123 Å². The second-order valence-electron chi connectivity index (χ2n) is 5.59. The van der Waals surface area contributed by atoms with Crippen LogP contribution in [0.1, 0.15) is 38.7 Å². The molecule has 0 aliphatic carbocycles. The average molecular weight is 279 g/mol. The minimum absolute atomic E-state index is 0.638. The monoisotopic (exact) mass is 279 g/mol. The summed E-state index contributed by atoms with van der Waals surface area (Å²) in [6, 6.07) is 8.12. The maximum absolute atomic E-state index is 5.76.